The number of hydrogen-bond donors (Lipinski definition) is 2. The Morgan fingerprint density at radius 2 is 1.80 bits per heavy atom. The lowest BCUT2D eigenvalue weighted by Crippen LogP contribution is -2.36. The van der Waals surface area contributed by atoms with Crippen LogP contribution in [-0.4, -0.2) is 29.6 Å². The minimum Gasteiger partial charge on any atom is -0.481 e. The topological polar surface area (TPSA) is 92.7 Å². The molecule has 1 aliphatic carbocycles. The maximum Gasteiger partial charge on any atom is 0.341 e. The van der Waals surface area contributed by atoms with Crippen molar-refractivity contribution in [3.05, 3.63) is 39.7 Å². The molecule has 1 aliphatic rings. The molecule has 1 aromatic carbocycles. The fraction of sp³-hybridized carbons (Fsp3) is 0.409. The van der Waals surface area contributed by atoms with Gasteiger partial charge in [0.05, 0.1) is 18.4 Å². The largest absolute Gasteiger partial charge is 0.481 e. The number of esters is 1. The van der Waals surface area contributed by atoms with Gasteiger partial charge >= 0.3 is 11.9 Å². The minimum atomic E-state index is -0.954. The van der Waals surface area contributed by atoms with E-state index in [1.165, 1.54) is 11.3 Å². The molecule has 1 saturated carbocycles. The normalized spacial score (nSPS) is 18.6. The van der Waals surface area contributed by atoms with Crippen LogP contribution in [0.3, 0.4) is 0 Å². The Labute approximate surface area is 184 Å². The standard InChI is InChI=1S/C22H24ClNO5S/c1-3-29-22(28)18-17(13-8-10-14(23)11-9-13)12(2)30-20(18)24-19(25)15-6-4-5-7-16(15)21(26)27/h8-11,15-16H,3-7H2,1-2H3,(H,24,25)(H,26,27). The number of carboxylic acids is 1. The molecule has 0 spiro atoms. The first-order chi connectivity index (χ1) is 14.3. The number of halogens is 1. The molecule has 0 bridgehead atoms. The summed E-state index contributed by atoms with van der Waals surface area (Å²) in [6.45, 7) is 3.79. The van der Waals surface area contributed by atoms with Gasteiger partial charge in [0.2, 0.25) is 5.91 Å². The van der Waals surface area contributed by atoms with E-state index in [0.29, 0.717) is 28.4 Å². The van der Waals surface area contributed by atoms with Gasteiger partial charge in [-0.2, -0.15) is 0 Å². The van der Waals surface area contributed by atoms with E-state index in [9.17, 15) is 19.5 Å². The first-order valence-electron chi connectivity index (χ1n) is 9.93. The number of hydrogen-bond acceptors (Lipinski definition) is 5. The summed E-state index contributed by atoms with van der Waals surface area (Å²) in [4.78, 5) is 38.2. The van der Waals surface area contributed by atoms with E-state index in [0.717, 1.165) is 23.3 Å². The van der Waals surface area contributed by atoms with E-state index < -0.39 is 23.8 Å². The molecular formula is C22H24ClNO5S. The minimum absolute atomic E-state index is 0.199. The molecule has 3 rings (SSSR count). The average molecular weight is 450 g/mol. The molecule has 0 aliphatic heterocycles. The van der Waals surface area contributed by atoms with Crippen LogP contribution in [0.4, 0.5) is 5.00 Å². The van der Waals surface area contributed by atoms with Gasteiger partial charge in [-0.05, 0) is 44.4 Å². The number of anilines is 1. The smallest absolute Gasteiger partial charge is 0.341 e. The molecule has 6 nitrogen and oxygen atoms in total. The third-order valence-corrected chi connectivity index (χ3v) is 6.63. The van der Waals surface area contributed by atoms with Crippen LogP contribution >= 0.6 is 22.9 Å². The Kier molecular flexibility index (Phi) is 7.15. The zero-order valence-corrected chi connectivity index (χ0v) is 18.4. The van der Waals surface area contributed by atoms with E-state index in [2.05, 4.69) is 5.32 Å². The summed E-state index contributed by atoms with van der Waals surface area (Å²) in [5.74, 6) is -3.17. The van der Waals surface area contributed by atoms with Crippen molar-refractivity contribution in [3.63, 3.8) is 0 Å². The van der Waals surface area contributed by atoms with Gasteiger partial charge < -0.3 is 15.2 Å². The van der Waals surface area contributed by atoms with E-state index in [4.69, 9.17) is 16.3 Å². The Morgan fingerprint density at radius 1 is 1.17 bits per heavy atom. The van der Waals surface area contributed by atoms with Gasteiger partial charge in [-0.3, -0.25) is 9.59 Å². The second-order valence-corrected chi connectivity index (χ2v) is 8.95. The van der Waals surface area contributed by atoms with E-state index in [1.807, 2.05) is 19.1 Å². The molecular weight excluding hydrogens is 426 g/mol. The number of benzene rings is 1. The molecule has 2 atom stereocenters. The van der Waals surface area contributed by atoms with Gasteiger partial charge in [0.25, 0.3) is 0 Å². The van der Waals surface area contributed by atoms with Crippen LogP contribution in [0.2, 0.25) is 5.02 Å². The van der Waals surface area contributed by atoms with Crippen molar-refractivity contribution < 1.29 is 24.2 Å². The van der Waals surface area contributed by atoms with Crippen LogP contribution in [0.25, 0.3) is 11.1 Å². The van der Waals surface area contributed by atoms with Crippen LogP contribution < -0.4 is 5.32 Å². The number of ether oxygens (including phenoxy) is 1. The highest BCUT2D eigenvalue weighted by Crippen LogP contribution is 2.41. The van der Waals surface area contributed by atoms with Gasteiger partial charge in [-0.1, -0.05) is 36.6 Å². The first-order valence-corrected chi connectivity index (χ1v) is 11.1. The summed E-state index contributed by atoms with van der Waals surface area (Å²) in [7, 11) is 0. The van der Waals surface area contributed by atoms with Crippen molar-refractivity contribution >= 4 is 45.8 Å². The van der Waals surface area contributed by atoms with Gasteiger partial charge in [0.15, 0.2) is 0 Å². The number of carbonyl (C=O) groups excluding carboxylic acids is 2. The van der Waals surface area contributed by atoms with E-state index >= 15 is 0 Å². The molecule has 0 saturated heterocycles. The quantitative estimate of drug-likeness (QED) is 0.577. The fourth-order valence-electron chi connectivity index (χ4n) is 3.94. The highest BCUT2D eigenvalue weighted by Gasteiger charge is 2.37. The number of amides is 1. The lowest BCUT2D eigenvalue weighted by atomic mass is 9.78. The lowest BCUT2D eigenvalue weighted by Gasteiger charge is -2.27. The Morgan fingerprint density at radius 3 is 2.40 bits per heavy atom. The van der Waals surface area contributed by atoms with Crippen LogP contribution in [0.5, 0.6) is 0 Å². The molecule has 30 heavy (non-hydrogen) atoms. The molecule has 8 heteroatoms. The van der Waals surface area contributed by atoms with Gasteiger partial charge in [0, 0.05) is 15.5 Å². The van der Waals surface area contributed by atoms with E-state index in [1.54, 1.807) is 19.1 Å². The number of aliphatic carboxylic acids is 1. The van der Waals surface area contributed by atoms with Crippen LogP contribution in [-0.2, 0) is 14.3 Å². The first kappa shape index (κ1) is 22.3. The van der Waals surface area contributed by atoms with E-state index in [-0.39, 0.29) is 18.1 Å². The molecule has 1 fully saturated rings. The third-order valence-electron chi connectivity index (χ3n) is 5.35. The Bertz CT molecular complexity index is 953. The van der Waals surface area contributed by atoms with Crippen LogP contribution in [0, 0.1) is 18.8 Å². The molecule has 1 aromatic heterocycles. The number of thiophene rings is 1. The lowest BCUT2D eigenvalue weighted by molar-refractivity contribution is -0.147. The molecule has 160 valence electrons. The summed E-state index contributed by atoms with van der Waals surface area (Å²) >= 11 is 7.28. The zero-order chi connectivity index (χ0) is 21.8. The Hall–Kier alpha value is -2.38. The monoisotopic (exact) mass is 449 g/mol. The molecule has 1 amide bonds. The number of carboxylic acid groups (broad SMARTS) is 1. The number of rotatable bonds is 6. The van der Waals surface area contributed by atoms with Crippen LogP contribution in [0.15, 0.2) is 24.3 Å². The van der Waals surface area contributed by atoms with Crippen molar-refractivity contribution in [2.75, 3.05) is 11.9 Å². The summed E-state index contributed by atoms with van der Waals surface area (Å²) in [5.41, 5.74) is 1.76. The van der Waals surface area contributed by atoms with Crippen molar-refractivity contribution in [2.45, 2.75) is 39.5 Å². The number of aryl methyl sites for hydroxylation is 1. The number of carbonyl (C=O) groups is 3. The fourth-order valence-corrected chi connectivity index (χ4v) is 5.13. The molecule has 0 radical (unpaired) electrons. The second kappa shape index (κ2) is 9.62. The Balaban J connectivity index is 1.99. The highest BCUT2D eigenvalue weighted by molar-refractivity contribution is 7.17. The molecule has 1 heterocycles. The SMILES string of the molecule is CCOC(=O)c1c(NC(=O)C2CCCCC2C(=O)O)sc(C)c1-c1ccc(Cl)cc1. The molecule has 2 N–H and O–H groups in total. The highest BCUT2D eigenvalue weighted by atomic mass is 35.5. The zero-order valence-electron chi connectivity index (χ0n) is 16.9. The molecule has 2 aromatic rings. The molecule has 2 unspecified atom stereocenters. The maximum absolute atomic E-state index is 13.0. The summed E-state index contributed by atoms with van der Waals surface area (Å²) in [5, 5.41) is 13.3. The van der Waals surface area contributed by atoms with Gasteiger partial charge in [0.1, 0.15) is 10.6 Å². The van der Waals surface area contributed by atoms with Crippen LogP contribution in [0.1, 0.15) is 47.8 Å². The van der Waals surface area contributed by atoms with Crippen molar-refractivity contribution in [2.24, 2.45) is 11.8 Å². The summed E-state index contributed by atoms with van der Waals surface area (Å²) in [6, 6.07) is 7.10. The third kappa shape index (κ3) is 4.68. The van der Waals surface area contributed by atoms with Crippen molar-refractivity contribution in [1.29, 1.82) is 0 Å². The van der Waals surface area contributed by atoms with Gasteiger partial charge in [-0.25, -0.2) is 4.79 Å². The predicted octanol–water partition coefficient (Wildman–Crippen LogP) is 5.38. The predicted molar refractivity (Wildman–Crippen MR) is 117 cm³/mol. The summed E-state index contributed by atoms with van der Waals surface area (Å²) in [6.07, 6.45) is 2.61. The second-order valence-electron chi connectivity index (χ2n) is 7.29. The maximum atomic E-state index is 13.0. The van der Waals surface area contributed by atoms with Crippen molar-refractivity contribution in [3.8, 4) is 11.1 Å². The number of nitrogens with one attached hydrogen (secondary N) is 1. The summed E-state index contributed by atoms with van der Waals surface area (Å²) < 4.78 is 5.25. The average Bonchev–Trinajstić information content (AvgIpc) is 3.04. The van der Waals surface area contributed by atoms with Gasteiger partial charge in [-0.15, -0.1) is 11.3 Å². The van der Waals surface area contributed by atoms with Crippen molar-refractivity contribution in [1.82, 2.24) is 0 Å².